The zero-order valence-corrected chi connectivity index (χ0v) is 13.9. The van der Waals surface area contributed by atoms with E-state index in [1.54, 1.807) is 17.9 Å². The zero-order chi connectivity index (χ0) is 17.2. The summed E-state index contributed by atoms with van der Waals surface area (Å²) in [5, 5.41) is 7.87. The largest absolute Gasteiger partial charge is 0.351 e. The van der Waals surface area contributed by atoms with Gasteiger partial charge in [0.05, 0.1) is 5.69 Å². The zero-order valence-electron chi connectivity index (χ0n) is 13.9. The van der Waals surface area contributed by atoms with E-state index in [0.717, 1.165) is 24.8 Å². The molecule has 7 nitrogen and oxygen atoms in total. The summed E-state index contributed by atoms with van der Waals surface area (Å²) in [5.74, 6) is 1.05. The first-order chi connectivity index (χ1) is 12.2. The maximum atomic E-state index is 12.8. The Morgan fingerprint density at radius 3 is 2.76 bits per heavy atom. The number of hydrogen-bond donors (Lipinski definition) is 0. The summed E-state index contributed by atoms with van der Waals surface area (Å²) in [6.45, 7) is 2.42. The average Bonchev–Trinajstić information content (AvgIpc) is 3.31. The predicted molar refractivity (Wildman–Crippen MR) is 88.6 cm³/mol. The summed E-state index contributed by atoms with van der Waals surface area (Å²) in [6, 6.07) is 11.0. The second-order valence-corrected chi connectivity index (χ2v) is 6.16. The van der Waals surface area contributed by atoms with E-state index in [9.17, 15) is 4.79 Å². The molecule has 0 spiro atoms. The van der Waals surface area contributed by atoms with E-state index in [2.05, 4.69) is 15.3 Å². The van der Waals surface area contributed by atoms with Gasteiger partial charge >= 0.3 is 0 Å². The normalized spacial score (nSPS) is 17.6. The highest BCUT2D eigenvalue weighted by Gasteiger charge is 2.34. The molecule has 2 aromatic heterocycles. The molecular formula is C18H18N4O3. The van der Waals surface area contributed by atoms with Gasteiger partial charge in [0.2, 0.25) is 17.5 Å². The van der Waals surface area contributed by atoms with Crippen LogP contribution in [-0.2, 0) is 0 Å². The fraction of sp³-hybridized carbons (Fsp3) is 0.333. The number of carbonyl (C=O) groups is 1. The summed E-state index contributed by atoms with van der Waals surface area (Å²) >= 11 is 0. The molecular weight excluding hydrogens is 320 g/mol. The van der Waals surface area contributed by atoms with Crippen molar-refractivity contribution >= 4 is 5.91 Å². The third kappa shape index (κ3) is 3.05. The molecule has 1 fully saturated rings. The van der Waals surface area contributed by atoms with Gasteiger partial charge in [0.15, 0.2) is 0 Å². The van der Waals surface area contributed by atoms with Crippen molar-refractivity contribution in [3.63, 3.8) is 0 Å². The standard InChI is InChI=1S/C18H18N4O3/c1-12-11-15(24-20-12)18(23)22-10-6-5-9-14(22)17-19-16(21-25-17)13-7-3-2-4-8-13/h2-4,7-8,11,14H,5-6,9-10H2,1H3. The Morgan fingerprint density at radius 2 is 2.00 bits per heavy atom. The number of carbonyl (C=O) groups excluding carboxylic acids is 1. The first-order valence-electron chi connectivity index (χ1n) is 8.35. The maximum Gasteiger partial charge on any atom is 0.293 e. The lowest BCUT2D eigenvalue weighted by atomic mass is 10.0. The summed E-state index contributed by atoms with van der Waals surface area (Å²) in [4.78, 5) is 19.0. The number of nitrogens with zero attached hydrogens (tertiary/aromatic N) is 4. The van der Waals surface area contributed by atoms with Crippen molar-refractivity contribution in [1.82, 2.24) is 20.2 Å². The molecule has 3 heterocycles. The Labute approximate surface area is 144 Å². The molecule has 0 aliphatic carbocycles. The van der Waals surface area contributed by atoms with Gasteiger partial charge in [0, 0.05) is 18.2 Å². The van der Waals surface area contributed by atoms with Crippen LogP contribution in [0.3, 0.4) is 0 Å². The number of piperidine rings is 1. The highest BCUT2D eigenvalue weighted by Crippen LogP contribution is 2.32. The maximum absolute atomic E-state index is 12.8. The lowest BCUT2D eigenvalue weighted by Gasteiger charge is -2.32. The van der Waals surface area contributed by atoms with Crippen LogP contribution in [0, 0.1) is 6.92 Å². The van der Waals surface area contributed by atoms with Gasteiger partial charge in [-0.25, -0.2) is 0 Å². The Kier molecular flexibility index (Phi) is 4.05. The SMILES string of the molecule is Cc1cc(C(=O)N2CCCCC2c2nc(-c3ccccc3)no2)on1. The molecule has 1 amide bonds. The smallest absolute Gasteiger partial charge is 0.293 e. The van der Waals surface area contributed by atoms with Crippen molar-refractivity contribution in [2.75, 3.05) is 6.54 Å². The minimum Gasteiger partial charge on any atom is -0.351 e. The first kappa shape index (κ1) is 15.6. The second kappa shape index (κ2) is 6.51. The van der Waals surface area contributed by atoms with Gasteiger partial charge < -0.3 is 13.9 Å². The molecule has 1 saturated heterocycles. The van der Waals surface area contributed by atoms with Crippen LogP contribution < -0.4 is 0 Å². The van der Waals surface area contributed by atoms with E-state index in [0.29, 0.717) is 24.0 Å². The van der Waals surface area contributed by atoms with Crippen molar-refractivity contribution in [3.05, 3.63) is 53.7 Å². The van der Waals surface area contributed by atoms with Crippen LogP contribution >= 0.6 is 0 Å². The van der Waals surface area contributed by atoms with E-state index in [-0.39, 0.29) is 17.7 Å². The fourth-order valence-corrected chi connectivity index (χ4v) is 3.11. The molecule has 3 aromatic rings. The molecule has 1 atom stereocenters. The lowest BCUT2D eigenvalue weighted by Crippen LogP contribution is -2.38. The minimum atomic E-state index is -0.239. The van der Waals surface area contributed by atoms with Gasteiger partial charge in [-0.1, -0.05) is 40.6 Å². The van der Waals surface area contributed by atoms with Crippen LogP contribution in [-0.4, -0.2) is 32.6 Å². The van der Waals surface area contributed by atoms with Crippen LogP contribution in [0.15, 0.2) is 45.4 Å². The molecule has 1 unspecified atom stereocenters. The number of aromatic nitrogens is 3. The van der Waals surface area contributed by atoms with E-state index in [1.807, 2.05) is 30.3 Å². The fourth-order valence-electron chi connectivity index (χ4n) is 3.11. The molecule has 1 aliphatic rings. The van der Waals surface area contributed by atoms with E-state index in [4.69, 9.17) is 9.05 Å². The van der Waals surface area contributed by atoms with Crippen molar-refractivity contribution < 1.29 is 13.8 Å². The van der Waals surface area contributed by atoms with Crippen molar-refractivity contribution in [3.8, 4) is 11.4 Å². The summed E-state index contributed by atoms with van der Waals surface area (Å²) in [5.41, 5.74) is 1.57. The van der Waals surface area contributed by atoms with Crippen LogP contribution in [0.1, 0.15) is 47.4 Å². The van der Waals surface area contributed by atoms with Gasteiger partial charge in [0.1, 0.15) is 6.04 Å². The Balaban J connectivity index is 1.61. The van der Waals surface area contributed by atoms with E-state index in [1.165, 1.54) is 0 Å². The van der Waals surface area contributed by atoms with Crippen molar-refractivity contribution in [2.45, 2.75) is 32.2 Å². The van der Waals surface area contributed by atoms with Gasteiger partial charge in [-0.2, -0.15) is 4.98 Å². The van der Waals surface area contributed by atoms with Crippen LogP contribution in [0.5, 0.6) is 0 Å². The summed E-state index contributed by atoms with van der Waals surface area (Å²) in [7, 11) is 0. The van der Waals surface area contributed by atoms with Gasteiger partial charge in [-0.05, 0) is 26.2 Å². The lowest BCUT2D eigenvalue weighted by molar-refractivity contribution is 0.0520. The monoisotopic (exact) mass is 338 g/mol. The molecule has 0 bridgehead atoms. The molecule has 7 heteroatoms. The highest BCUT2D eigenvalue weighted by molar-refractivity contribution is 5.91. The van der Waals surface area contributed by atoms with Gasteiger partial charge in [-0.3, -0.25) is 4.79 Å². The highest BCUT2D eigenvalue weighted by atomic mass is 16.5. The van der Waals surface area contributed by atoms with Crippen LogP contribution in [0.4, 0.5) is 0 Å². The van der Waals surface area contributed by atoms with Crippen molar-refractivity contribution in [1.29, 1.82) is 0 Å². The number of hydrogen-bond acceptors (Lipinski definition) is 6. The second-order valence-electron chi connectivity index (χ2n) is 6.16. The molecule has 1 aromatic carbocycles. The predicted octanol–water partition coefficient (Wildman–Crippen LogP) is 3.40. The van der Waals surface area contributed by atoms with E-state index < -0.39 is 0 Å². The summed E-state index contributed by atoms with van der Waals surface area (Å²) in [6.07, 6.45) is 2.73. The minimum absolute atomic E-state index is 0.190. The first-order valence-corrected chi connectivity index (χ1v) is 8.35. The third-order valence-corrected chi connectivity index (χ3v) is 4.36. The average molecular weight is 338 g/mol. The molecule has 128 valence electrons. The van der Waals surface area contributed by atoms with Crippen LogP contribution in [0.2, 0.25) is 0 Å². The molecule has 0 N–H and O–H groups in total. The summed E-state index contributed by atoms with van der Waals surface area (Å²) < 4.78 is 10.6. The number of rotatable bonds is 3. The topological polar surface area (TPSA) is 85.3 Å². The van der Waals surface area contributed by atoms with Gasteiger partial charge in [0.25, 0.3) is 5.91 Å². The number of benzene rings is 1. The molecule has 1 aliphatic heterocycles. The Morgan fingerprint density at radius 1 is 1.16 bits per heavy atom. The Hall–Kier alpha value is -2.96. The quantitative estimate of drug-likeness (QED) is 0.727. The van der Waals surface area contributed by atoms with Gasteiger partial charge in [-0.15, -0.1) is 0 Å². The third-order valence-electron chi connectivity index (χ3n) is 4.36. The number of aryl methyl sites for hydroxylation is 1. The molecule has 25 heavy (non-hydrogen) atoms. The van der Waals surface area contributed by atoms with Crippen LogP contribution in [0.25, 0.3) is 11.4 Å². The molecule has 4 rings (SSSR count). The van der Waals surface area contributed by atoms with Crippen molar-refractivity contribution in [2.24, 2.45) is 0 Å². The molecule has 0 saturated carbocycles. The Bertz CT molecular complexity index is 871. The molecule has 0 radical (unpaired) electrons. The number of amides is 1. The number of likely N-dealkylation sites (tertiary alicyclic amines) is 1. The van der Waals surface area contributed by atoms with E-state index >= 15 is 0 Å².